The summed E-state index contributed by atoms with van der Waals surface area (Å²) in [6, 6.07) is 23.0. The summed E-state index contributed by atoms with van der Waals surface area (Å²) in [7, 11) is 0. The summed E-state index contributed by atoms with van der Waals surface area (Å²) in [5.41, 5.74) is 3.22. The molecule has 0 unspecified atom stereocenters. The number of nitrogens with zero attached hydrogens (tertiary/aromatic N) is 2. The number of aromatic nitrogens is 2. The third kappa shape index (κ3) is 1.94. The van der Waals surface area contributed by atoms with Gasteiger partial charge < -0.3 is 0 Å². The maximum Gasteiger partial charge on any atom is 0.124 e. The maximum atomic E-state index is 4.85. The molecule has 0 aliphatic rings. The Bertz CT molecular complexity index is 1170. The van der Waals surface area contributed by atoms with E-state index in [1.165, 1.54) is 26.4 Å². The number of hydrogen-bond acceptors (Lipinski definition) is 3. The van der Waals surface area contributed by atoms with Crippen LogP contribution in [0, 0.1) is 0 Å². The van der Waals surface area contributed by atoms with Crippen LogP contribution in [0.25, 0.3) is 42.5 Å². The average Bonchev–Trinajstić information content (AvgIpc) is 3.00. The molecule has 0 amide bonds. The lowest BCUT2D eigenvalue weighted by atomic mass is 10.1. The van der Waals surface area contributed by atoms with E-state index in [9.17, 15) is 0 Å². The van der Waals surface area contributed by atoms with Crippen molar-refractivity contribution in [3.05, 3.63) is 72.9 Å². The molecule has 0 saturated carbocycles. The lowest BCUT2D eigenvalue weighted by Crippen LogP contribution is -1.85. The zero-order chi connectivity index (χ0) is 15.2. The molecule has 0 fully saturated rings. The summed E-state index contributed by atoms with van der Waals surface area (Å²) < 4.78 is 1.25. The summed E-state index contributed by atoms with van der Waals surface area (Å²) in [5, 5.41) is 3.64. The minimum Gasteiger partial charge on any atom is -0.248 e. The second-order valence-electron chi connectivity index (χ2n) is 5.53. The number of fused-ring (bicyclic) bond motifs is 4. The number of rotatable bonds is 1. The van der Waals surface area contributed by atoms with E-state index in [0.717, 1.165) is 16.0 Å². The predicted molar refractivity (Wildman–Crippen MR) is 97.9 cm³/mol. The van der Waals surface area contributed by atoms with Gasteiger partial charge in [-0.05, 0) is 24.3 Å². The first-order valence-electron chi connectivity index (χ1n) is 7.52. The van der Waals surface area contributed by atoms with Crippen molar-refractivity contribution < 1.29 is 0 Å². The Balaban J connectivity index is 1.84. The van der Waals surface area contributed by atoms with E-state index >= 15 is 0 Å². The molecule has 0 aliphatic carbocycles. The summed E-state index contributed by atoms with van der Waals surface area (Å²) >= 11 is 1.74. The SMILES string of the molecule is c1ccc2nc(-c3cccc4c3sc3ncccc34)ccc2c1. The summed E-state index contributed by atoms with van der Waals surface area (Å²) in [5.74, 6) is 0. The minimum atomic E-state index is 1.01. The van der Waals surface area contributed by atoms with Crippen molar-refractivity contribution in [1.29, 1.82) is 0 Å². The molecule has 3 aromatic heterocycles. The highest BCUT2D eigenvalue weighted by molar-refractivity contribution is 7.26. The molecule has 23 heavy (non-hydrogen) atoms. The van der Waals surface area contributed by atoms with Crippen LogP contribution < -0.4 is 0 Å². The second-order valence-corrected chi connectivity index (χ2v) is 6.53. The van der Waals surface area contributed by atoms with Crippen molar-refractivity contribution in [3.63, 3.8) is 0 Å². The third-order valence-electron chi connectivity index (χ3n) is 4.15. The fourth-order valence-electron chi connectivity index (χ4n) is 3.05. The van der Waals surface area contributed by atoms with E-state index in [4.69, 9.17) is 4.98 Å². The van der Waals surface area contributed by atoms with Gasteiger partial charge in [-0.25, -0.2) is 9.97 Å². The largest absolute Gasteiger partial charge is 0.248 e. The van der Waals surface area contributed by atoms with Crippen LogP contribution in [0.3, 0.4) is 0 Å². The van der Waals surface area contributed by atoms with E-state index < -0.39 is 0 Å². The van der Waals surface area contributed by atoms with Crippen LogP contribution in [-0.4, -0.2) is 9.97 Å². The van der Waals surface area contributed by atoms with Gasteiger partial charge in [0.1, 0.15) is 4.83 Å². The standard InChI is InChI=1S/C20H12N2S/c1-2-9-17-13(5-1)10-11-18(22-17)16-7-3-6-14-15-8-4-12-21-20(15)23-19(14)16/h1-12H. The van der Waals surface area contributed by atoms with Crippen LogP contribution in [-0.2, 0) is 0 Å². The molecule has 3 heterocycles. The molecule has 5 rings (SSSR count). The first-order valence-corrected chi connectivity index (χ1v) is 8.34. The number of pyridine rings is 2. The maximum absolute atomic E-state index is 4.85. The Labute approximate surface area is 137 Å². The normalized spacial score (nSPS) is 11.5. The van der Waals surface area contributed by atoms with E-state index in [1.807, 2.05) is 24.4 Å². The van der Waals surface area contributed by atoms with Crippen LogP contribution in [0.15, 0.2) is 72.9 Å². The Kier molecular flexibility index (Phi) is 2.69. The van der Waals surface area contributed by atoms with Crippen LogP contribution in [0.2, 0.25) is 0 Å². The predicted octanol–water partition coefficient (Wildman–Crippen LogP) is 5.66. The number of thiophene rings is 1. The van der Waals surface area contributed by atoms with Crippen molar-refractivity contribution >= 4 is 42.5 Å². The number of hydrogen-bond donors (Lipinski definition) is 0. The molecule has 0 saturated heterocycles. The molecule has 2 aromatic carbocycles. The van der Waals surface area contributed by atoms with Crippen molar-refractivity contribution in [3.8, 4) is 11.3 Å². The van der Waals surface area contributed by atoms with Gasteiger partial charge in [0.05, 0.1) is 11.2 Å². The Morgan fingerprint density at radius 2 is 1.65 bits per heavy atom. The molecule has 5 aromatic rings. The van der Waals surface area contributed by atoms with Crippen molar-refractivity contribution in [2.24, 2.45) is 0 Å². The zero-order valence-electron chi connectivity index (χ0n) is 12.2. The van der Waals surface area contributed by atoms with E-state index in [0.29, 0.717) is 0 Å². The number of benzene rings is 2. The average molecular weight is 312 g/mol. The smallest absolute Gasteiger partial charge is 0.124 e. The van der Waals surface area contributed by atoms with Gasteiger partial charge in [-0.3, -0.25) is 0 Å². The van der Waals surface area contributed by atoms with Crippen molar-refractivity contribution in [1.82, 2.24) is 9.97 Å². The third-order valence-corrected chi connectivity index (χ3v) is 5.31. The van der Waals surface area contributed by atoms with Gasteiger partial charge >= 0.3 is 0 Å². The molecule has 0 atom stereocenters. The van der Waals surface area contributed by atoms with Crippen LogP contribution in [0.4, 0.5) is 0 Å². The lowest BCUT2D eigenvalue weighted by Gasteiger charge is -2.04. The molecule has 0 aliphatic heterocycles. The van der Waals surface area contributed by atoms with Gasteiger partial charge in [-0.2, -0.15) is 0 Å². The van der Waals surface area contributed by atoms with Crippen molar-refractivity contribution in [2.45, 2.75) is 0 Å². The highest BCUT2D eigenvalue weighted by Crippen LogP contribution is 2.38. The first kappa shape index (κ1) is 12.7. The van der Waals surface area contributed by atoms with Gasteiger partial charge in [-0.1, -0.05) is 42.5 Å². The van der Waals surface area contributed by atoms with Crippen molar-refractivity contribution in [2.75, 3.05) is 0 Å². The van der Waals surface area contributed by atoms with Crippen LogP contribution >= 0.6 is 11.3 Å². The summed E-state index contributed by atoms with van der Waals surface area (Å²) in [4.78, 5) is 10.4. The van der Waals surface area contributed by atoms with Crippen LogP contribution in [0.1, 0.15) is 0 Å². The Morgan fingerprint density at radius 1 is 0.739 bits per heavy atom. The van der Waals surface area contributed by atoms with Crippen LogP contribution in [0.5, 0.6) is 0 Å². The molecule has 108 valence electrons. The van der Waals surface area contributed by atoms with E-state index in [-0.39, 0.29) is 0 Å². The van der Waals surface area contributed by atoms with Gasteiger partial charge in [0.2, 0.25) is 0 Å². The lowest BCUT2D eigenvalue weighted by molar-refractivity contribution is 1.41. The molecule has 2 nitrogen and oxygen atoms in total. The molecule has 0 radical (unpaired) electrons. The Hall–Kier alpha value is -2.78. The minimum absolute atomic E-state index is 1.01. The molecule has 0 spiro atoms. The quantitative estimate of drug-likeness (QED) is 0.399. The zero-order valence-corrected chi connectivity index (χ0v) is 13.0. The van der Waals surface area contributed by atoms with Gasteiger partial charge in [0.25, 0.3) is 0 Å². The fraction of sp³-hybridized carbons (Fsp3) is 0. The van der Waals surface area contributed by atoms with E-state index in [1.54, 1.807) is 11.3 Å². The molecular formula is C20H12N2S. The summed E-state index contributed by atoms with van der Waals surface area (Å²) in [6.45, 7) is 0. The highest BCUT2D eigenvalue weighted by atomic mass is 32.1. The van der Waals surface area contributed by atoms with Gasteiger partial charge in [0.15, 0.2) is 0 Å². The highest BCUT2D eigenvalue weighted by Gasteiger charge is 2.11. The topological polar surface area (TPSA) is 25.8 Å². The monoisotopic (exact) mass is 312 g/mol. The first-order chi connectivity index (χ1) is 11.4. The van der Waals surface area contributed by atoms with E-state index in [2.05, 4.69) is 53.5 Å². The van der Waals surface area contributed by atoms with Gasteiger partial charge in [-0.15, -0.1) is 11.3 Å². The molecule has 0 N–H and O–H groups in total. The molecular weight excluding hydrogens is 300 g/mol. The molecule has 0 bridgehead atoms. The fourth-order valence-corrected chi connectivity index (χ4v) is 4.22. The molecule has 3 heteroatoms. The Morgan fingerprint density at radius 3 is 2.65 bits per heavy atom. The van der Waals surface area contributed by atoms with Gasteiger partial charge in [0, 0.05) is 32.6 Å². The summed E-state index contributed by atoms with van der Waals surface area (Å²) in [6.07, 6.45) is 1.85. The second kappa shape index (κ2) is 4.86. The number of para-hydroxylation sites is 1.